The summed E-state index contributed by atoms with van der Waals surface area (Å²) >= 11 is 0. The Kier molecular flexibility index (Phi) is 6.30. The number of carbonyl (C=O) groups excluding carboxylic acids is 1. The third kappa shape index (κ3) is 7.77. The van der Waals surface area contributed by atoms with Crippen LogP contribution in [0.1, 0.15) is 48.0 Å². The maximum absolute atomic E-state index is 12.0. The number of anilines is 2. The second-order valence-electron chi connectivity index (χ2n) is 7.78. The number of rotatable bonds is 5. The molecule has 5 heteroatoms. The number of methoxy groups -OCH3 is 1. The Labute approximate surface area is 139 Å². The fraction of sp³-hybridized carbons (Fsp3) is 0.611. The molecule has 1 aromatic rings. The first kappa shape index (κ1) is 19.1. The van der Waals surface area contributed by atoms with Gasteiger partial charge < -0.3 is 14.8 Å². The van der Waals surface area contributed by atoms with Gasteiger partial charge >= 0.3 is 6.09 Å². The summed E-state index contributed by atoms with van der Waals surface area (Å²) in [6.07, 6.45) is 0.539. The summed E-state index contributed by atoms with van der Waals surface area (Å²) in [7, 11) is 1.62. The highest BCUT2D eigenvalue weighted by Gasteiger charge is 2.18. The SMILES string of the molecule is COc1ccc(NC(=O)OC(C)(C)C)c(NCCC(C)(C)C)c1. The van der Waals surface area contributed by atoms with E-state index in [-0.39, 0.29) is 5.41 Å². The molecule has 5 nitrogen and oxygen atoms in total. The zero-order chi connectivity index (χ0) is 17.7. The van der Waals surface area contributed by atoms with Crippen molar-refractivity contribution in [3.8, 4) is 5.75 Å². The lowest BCUT2D eigenvalue weighted by Gasteiger charge is -2.22. The van der Waals surface area contributed by atoms with Crippen molar-refractivity contribution < 1.29 is 14.3 Å². The van der Waals surface area contributed by atoms with E-state index in [1.54, 1.807) is 7.11 Å². The van der Waals surface area contributed by atoms with Crippen molar-refractivity contribution in [2.45, 2.75) is 53.6 Å². The second-order valence-corrected chi connectivity index (χ2v) is 7.78. The van der Waals surface area contributed by atoms with E-state index in [2.05, 4.69) is 31.4 Å². The van der Waals surface area contributed by atoms with E-state index in [0.717, 1.165) is 24.4 Å². The highest BCUT2D eigenvalue weighted by Crippen LogP contribution is 2.28. The molecule has 0 aromatic heterocycles. The first-order valence-corrected chi connectivity index (χ1v) is 7.92. The molecule has 0 radical (unpaired) electrons. The number of hydrogen-bond acceptors (Lipinski definition) is 4. The number of benzene rings is 1. The third-order valence-electron chi connectivity index (χ3n) is 3.05. The van der Waals surface area contributed by atoms with Crippen LogP contribution >= 0.6 is 0 Å². The van der Waals surface area contributed by atoms with Crippen LogP contribution in [0.5, 0.6) is 5.75 Å². The minimum Gasteiger partial charge on any atom is -0.497 e. The van der Waals surface area contributed by atoms with Crippen molar-refractivity contribution in [1.29, 1.82) is 0 Å². The Balaban J connectivity index is 2.83. The van der Waals surface area contributed by atoms with Crippen molar-refractivity contribution in [2.75, 3.05) is 24.3 Å². The molecule has 0 aliphatic carbocycles. The average molecular weight is 322 g/mol. The van der Waals surface area contributed by atoms with Crippen LogP contribution in [0.3, 0.4) is 0 Å². The maximum atomic E-state index is 12.0. The molecule has 0 saturated heterocycles. The van der Waals surface area contributed by atoms with Gasteiger partial charge in [-0.3, -0.25) is 5.32 Å². The minimum atomic E-state index is -0.531. The van der Waals surface area contributed by atoms with Crippen LogP contribution in [0, 0.1) is 5.41 Å². The molecule has 1 amide bonds. The number of hydrogen-bond donors (Lipinski definition) is 2. The van der Waals surface area contributed by atoms with E-state index in [0.29, 0.717) is 5.69 Å². The van der Waals surface area contributed by atoms with Crippen LogP contribution in [-0.4, -0.2) is 25.3 Å². The Bertz CT molecular complexity index is 528. The molecule has 0 bridgehead atoms. The Morgan fingerprint density at radius 1 is 1.09 bits per heavy atom. The minimum absolute atomic E-state index is 0.241. The summed E-state index contributed by atoms with van der Waals surface area (Å²) in [4.78, 5) is 12.0. The molecule has 0 atom stereocenters. The Morgan fingerprint density at radius 2 is 1.74 bits per heavy atom. The normalized spacial score (nSPS) is 11.8. The Hall–Kier alpha value is -1.91. The average Bonchev–Trinajstić information content (AvgIpc) is 2.36. The molecule has 0 aliphatic rings. The van der Waals surface area contributed by atoms with E-state index in [1.165, 1.54) is 0 Å². The van der Waals surface area contributed by atoms with Crippen LogP contribution in [0.4, 0.5) is 16.2 Å². The van der Waals surface area contributed by atoms with Gasteiger partial charge in [0.05, 0.1) is 18.5 Å². The Morgan fingerprint density at radius 3 is 2.26 bits per heavy atom. The molecule has 1 aromatic carbocycles. The smallest absolute Gasteiger partial charge is 0.412 e. The van der Waals surface area contributed by atoms with Gasteiger partial charge in [-0.2, -0.15) is 0 Å². The quantitative estimate of drug-likeness (QED) is 0.810. The summed E-state index contributed by atoms with van der Waals surface area (Å²) in [5, 5.41) is 6.15. The number of nitrogens with one attached hydrogen (secondary N) is 2. The van der Waals surface area contributed by atoms with E-state index >= 15 is 0 Å². The molecular weight excluding hydrogens is 292 g/mol. The second kappa shape index (κ2) is 7.57. The predicted octanol–water partition coefficient (Wildman–Crippen LogP) is 4.89. The summed E-state index contributed by atoms with van der Waals surface area (Å²) in [5.74, 6) is 0.734. The molecule has 0 aliphatic heterocycles. The van der Waals surface area contributed by atoms with Gasteiger partial charge in [0, 0.05) is 12.6 Å². The lowest BCUT2D eigenvalue weighted by Crippen LogP contribution is -2.27. The van der Waals surface area contributed by atoms with Crippen molar-refractivity contribution in [3.63, 3.8) is 0 Å². The third-order valence-corrected chi connectivity index (χ3v) is 3.05. The standard InChI is InChI=1S/C18H30N2O3/c1-17(2,3)10-11-19-15-12-13(22-7)8-9-14(15)20-16(21)23-18(4,5)6/h8-9,12,19H,10-11H2,1-7H3,(H,20,21). The molecule has 0 heterocycles. The molecule has 0 unspecified atom stereocenters. The predicted molar refractivity (Wildman–Crippen MR) is 95.4 cm³/mol. The first-order chi connectivity index (χ1) is 10.5. The zero-order valence-electron chi connectivity index (χ0n) is 15.4. The van der Waals surface area contributed by atoms with Crippen LogP contribution in [0.25, 0.3) is 0 Å². The van der Waals surface area contributed by atoms with E-state index in [1.807, 2.05) is 39.0 Å². The van der Waals surface area contributed by atoms with Gasteiger partial charge in [-0.25, -0.2) is 4.79 Å². The van der Waals surface area contributed by atoms with E-state index < -0.39 is 11.7 Å². The number of carbonyl (C=O) groups is 1. The topological polar surface area (TPSA) is 59.6 Å². The van der Waals surface area contributed by atoms with Crippen molar-refractivity contribution >= 4 is 17.5 Å². The van der Waals surface area contributed by atoms with Crippen molar-refractivity contribution in [1.82, 2.24) is 0 Å². The van der Waals surface area contributed by atoms with Crippen LogP contribution in [-0.2, 0) is 4.74 Å². The summed E-state index contributed by atoms with van der Waals surface area (Å²) in [6, 6.07) is 5.49. The number of ether oxygens (including phenoxy) is 2. The molecule has 0 saturated carbocycles. The molecular formula is C18H30N2O3. The van der Waals surface area contributed by atoms with Gasteiger partial charge in [0.25, 0.3) is 0 Å². The zero-order valence-corrected chi connectivity index (χ0v) is 15.4. The lowest BCUT2D eigenvalue weighted by atomic mass is 9.92. The van der Waals surface area contributed by atoms with Crippen molar-refractivity contribution in [3.05, 3.63) is 18.2 Å². The molecule has 130 valence electrons. The maximum Gasteiger partial charge on any atom is 0.412 e. The van der Waals surface area contributed by atoms with Crippen LogP contribution in [0.15, 0.2) is 18.2 Å². The summed E-state index contributed by atoms with van der Waals surface area (Å²) < 4.78 is 10.6. The summed E-state index contributed by atoms with van der Waals surface area (Å²) in [5.41, 5.74) is 1.20. The number of amides is 1. The highest BCUT2D eigenvalue weighted by atomic mass is 16.6. The summed E-state index contributed by atoms with van der Waals surface area (Å²) in [6.45, 7) is 12.9. The fourth-order valence-corrected chi connectivity index (χ4v) is 1.89. The van der Waals surface area contributed by atoms with Gasteiger partial charge in [0.2, 0.25) is 0 Å². The van der Waals surface area contributed by atoms with E-state index in [4.69, 9.17) is 9.47 Å². The van der Waals surface area contributed by atoms with Gasteiger partial charge in [0.15, 0.2) is 0 Å². The molecule has 23 heavy (non-hydrogen) atoms. The molecule has 1 rings (SSSR count). The van der Waals surface area contributed by atoms with Gasteiger partial charge in [-0.05, 0) is 44.7 Å². The largest absolute Gasteiger partial charge is 0.497 e. The monoisotopic (exact) mass is 322 g/mol. The van der Waals surface area contributed by atoms with Crippen molar-refractivity contribution in [2.24, 2.45) is 5.41 Å². The molecule has 0 spiro atoms. The van der Waals surface area contributed by atoms with E-state index in [9.17, 15) is 4.79 Å². The van der Waals surface area contributed by atoms with Crippen LogP contribution < -0.4 is 15.4 Å². The lowest BCUT2D eigenvalue weighted by molar-refractivity contribution is 0.0636. The van der Waals surface area contributed by atoms with Gasteiger partial charge in [-0.15, -0.1) is 0 Å². The van der Waals surface area contributed by atoms with Crippen LogP contribution in [0.2, 0.25) is 0 Å². The van der Waals surface area contributed by atoms with Gasteiger partial charge in [-0.1, -0.05) is 20.8 Å². The van der Waals surface area contributed by atoms with Gasteiger partial charge in [0.1, 0.15) is 11.4 Å². The first-order valence-electron chi connectivity index (χ1n) is 7.92. The molecule has 0 fully saturated rings. The molecule has 2 N–H and O–H groups in total. The fourth-order valence-electron chi connectivity index (χ4n) is 1.89. The highest BCUT2D eigenvalue weighted by molar-refractivity contribution is 5.90.